The lowest BCUT2D eigenvalue weighted by atomic mass is 9.98. The lowest BCUT2D eigenvalue weighted by Crippen LogP contribution is -2.31. The highest BCUT2D eigenvalue weighted by Gasteiger charge is 2.34. The highest BCUT2D eigenvalue weighted by molar-refractivity contribution is 5.79. The molecule has 27 heavy (non-hydrogen) atoms. The van der Waals surface area contributed by atoms with Crippen molar-refractivity contribution in [2.45, 2.75) is 18.6 Å². The molecule has 0 bridgehead atoms. The number of rotatable bonds is 6. The molecule has 1 heterocycles. The number of fused-ring (bicyclic) bond motifs is 1. The van der Waals surface area contributed by atoms with Gasteiger partial charge in [0.25, 0.3) is 0 Å². The predicted molar refractivity (Wildman–Crippen MR) is 96.1 cm³/mol. The van der Waals surface area contributed by atoms with Crippen LogP contribution < -0.4 is 10.6 Å². The summed E-state index contributed by atoms with van der Waals surface area (Å²) in [5.74, 6) is -1.19. The number of imidazole rings is 1. The molecule has 3 aromatic rings. The molecule has 0 aliphatic carbocycles. The van der Waals surface area contributed by atoms with Crippen LogP contribution in [0.3, 0.4) is 0 Å². The second-order valence-electron chi connectivity index (χ2n) is 6.12. The summed E-state index contributed by atoms with van der Waals surface area (Å²) in [5.41, 5.74) is 2.00. The smallest absolute Gasteiger partial charge is 0.345 e. The van der Waals surface area contributed by atoms with Crippen LogP contribution in [0.4, 0.5) is 13.2 Å². The number of aromatic nitrogens is 2. The number of nitrogens with one attached hydrogen (secondary N) is 3. The Morgan fingerprint density at radius 2 is 1.89 bits per heavy atom. The molecule has 0 radical (unpaired) electrons. The van der Waals surface area contributed by atoms with Crippen LogP contribution in [0.5, 0.6) is 0 Å². The number of aromatic amines is 1. The van der Waals surface area contributed by atoms with Crippen molar-refractivity contribution in [2.75, 3.05) is 13.6 Å². The minimum Gasteiger partial charge on any atom is -0.345 e. The summed E-state index contributed by atoms with van der Waals surface area (Å²) in [7, 11) is 1.76. The van der Waals surface area contributed by atoms with Gasteiger partial charge in [-0.1, -0.05) is 36.4 Å². The third-order valence-corrected chi connectivity index (χ3v) is 4.15. The van der Waals surface area contributed by atoms with Gasteiger partial charge in [0, 0.05) is 13.0 Å². The molecule has 2 aromatic carbocycles. The number of halogens is 3. The number of hydrogen-bond donors (Lipinski definition) is 3. The van der Waals surface area contributed by atoms with E-state index in [1.165, 1.54) is 6.07 Å². The Balaban J connectivity index is 1.97. The van der Waals surface area contributed by atoms with Crippen molar-refractivity contribution >= 4 is 16.9 Å². The van der Waals surface area contributed by atoms with Gasteiger partial charge < -0.3 is 15.6 Å². The molecule has 0 aliphatic rings. The predicted octanol–water partition coefficient (Wildman–Crippen LogP) is 3.40. The summed E-state index contributed by atoms with van der Waals surface area (Å²) in [6.07, 6.45) is -4.25. The van der Waals surface area contributed by atoms with Gasteiger partial charge in [-0.15, -0.1) is 0 Å². The van der Waals surface area contributed by atoms with E-state index in [2.05, 4.69) is 20.6 Å². The highest BCUT2D eigenvalue weighted by atomic mass is 19.4. The summed E-state index contributed by atoms with van der Waals surface area (Å²) < 4.78 is 38.7. The van der Waals surface area contributed by atoms with E-state index < -0.39 is 18.0 Å². The van der Waals surface area contributed by atoms with Crippen molar-refractivity contribution in [1.82, 2.24) is 20.6 Å². The molecule has 3 rings (SSSR count). The molecule has 1 amide bonds. The molecule has 0 saturated heterocycles. The van der Waals surface area contributed by atoms with Crippen LogP contribution in [-0.2, 0) is 11.0 Å². The van der Waals surface area contributed by atoms with Crippen LogP contribution in [0.25, 0.3) is 11.0 Å². The van der Waals surface area contributed by atoms with Gasteiger partial charge in [0.15, 0.2) is 0 Å². The SMILES string of the molecule is CNCCC(=O)NC(c1ccccc1)c1ccc2nc(C(F)(F)F)[nH]c2c1. The molecule has 0 spiro atoms. The number of H-pyrrole nitrogens is 1. The quantitative estimate of drug-likeness (QED) is 0.618. The second kappa shape index (κ2) is 7.79. The summed E-state index contributed by atoms with van der Waals surface area (Å²) >= 11 is 0. The average molecular weight is 376 g/mol. The maximum Gasteiger partial charge on any atom is 0.449 e. The molecule has 0 saturated carbocycles. The Labute approximate surface area is 154 Å². The lowest BCUT2D eigenvalue weighted by Gasteiger charge is -2.20. The Morgan fingerprint density at radius 1 is 1.15 bits per heavy atom. The first-order chi connectivity index (χ1) is 12.9. The maximum atomic E-state index is 12.9. The fourth-order valence-electron chi connectivity index (χ4n) is 2.82. The monoisotopic (exact) mass is 376 g/mol. The molecule has 0 aliphatic heterocycles. The molecule has 0 fully saturated rings. The number of carbonyl (C=O) groups excluding carboxylic acids is 1. The number of carbonyl (C=O) groups is 1. The molecule has 1 aromatic heterocycles. The van der Waals surface area contributed by atoms with E-state index in [-0.39, 0.29) is 16.9 Å². The van der Waals surface area contributed by atoms with Gasteiger partial charge >= 0.3 is 6.18 Å². The van der Waals surface area contributed by atoms with Gasteiger partial charge in [0.05, 0.1) is 17.1 Å². The normalized spacial score (nSPS) is 12.9. The topological polar surface area (TPSA) is 69.8 Å². The zero-order valence-electron chi connectivity index (χ0n) is 14.6. The minimum atomic E-state index is -4.54. The second-order valence-corrected chi connectivity index (χ2v) is 6.12. The van der Waals surface area contributed by atoms with Crippen LogP contribution in [0.2, 0.25) is 0 Å². The van der Waals surface area contributed by atoms with Gasteiger partial charge in [0.2, 0.25) is 11.7 Å². The Morgan fingerprint density at radius 3 is 2.56 bits per heavy atom. The van der Waals surface area contributed by atoms with Crippen molar-refractivity contribution in [2.24, 2.45) is 0 Å². The van der Waals surface area contributed by atoms with Crippen LogP contribution in [-0.4, -0.2) is 29.5 Å². The molecule has 1 unspecified atom stereocenters. The van der Waals surface area contributed by atoms with E-state index in [0.717, 1.165) is 5.56 Å². The summed E-state index contributed by atoms with van der Waals surface area (Å²) in [5, 5.41) is 5.86. The molecule has 8 heteroatoms. The summed E-state index contributed by atoms with van der Waals surface area (Å²) in [6.45, 7) is 0.530. The van der Waals surface area contributed by atoms with Gasteiger partial charge in [-0.05, 0) is 30.3 Å². The molecule has 3 N–H and O–H groups in total. The van der Waals surface area contributed by atoms with E-state index in [1.807, 2.05) is 30.3 Å². The summed E-state index contributed by atoms with van der Waals surface area (Å²) in [6, 6.07) is 13.6. The Bertz CT molecular complexity index is 922. The number of benzene rings is 2. The standard InChI is InChI=1S/C19H19F3N4O/c1-23-10-9-16(27)26-17(12-5-3-2-4-6-12)13-7-8-14-15(11-13)25-18(24-14)19(20,21)22/h2-8,11,17,23H,9-10H2,1H3,(H,24,25)(H,26,27). The van der Waals surface area contributed by atoms with Crippen molar-refractivity contribution < 1.29 is 18.0 Å². The number of alkyl halides is 3. The molecular weight excluding hydrogens is 357 g/mol. The first-order valence-electron chi connectivity index (χ1n) is 8.44. The van der Waals surface area contributed by atoms with Crippen molar-refractivity contribution in [3.63, 3.8) is 0 Å². The van der Waals surface area contributed by atoms with Crippen molar-refractivity contribution in [1.29, 1.82) is 0 Å². The van der Waals surface area contributed by atoms with Gasteiger partial charge in [-0.2, -0.15) is 13.2 Å². The van der Waals surface area contributed by atoms with Crippen LogP contribution >= 0.6 is 0 Å². The maximum absolute atomic E-state index is 12.9. The van der Waals surface area contributed by atoms with Gasteiger partial charge in [-0.3, -0.25) is 4.79 Å². The highest BCUT2D eigenvalue weighted by Crippen LogP contribution is 2.30. The summed E-state index contributed by atoms with van der Waals surface area (Å²) in [4.78, 5) is 18.1. The van der Waals surface area contributed by atoms with Crippen molar-refractivity contribution in [3.8, 4) is 0 Å². The molecule has 1 atom stereocenters. The van der Waals surface area contributed by atoms with Gasteiger partial charge in [0.1, 0.15) is 0 Å². The number of amides is 1. The molecule has 5 nitrogen and oxygen atoms in total. The third-order valence-electron chi connectivity index (χ3n) is 4.15. The molecule has 142 valence electrons. The van der Waals surface area contributed by atoms with Gasteiger partial charge in [-0.25, -0.2) is 4.98 Å². The number of hydrogen-bond acceptors (Lipinski definition) is 3. The fraction of sp³-hybridized carbons (Fsp3) is 0.263. The van der Waals surface area contributed by atoms with Crippen LogP contribution in [0, 0.1) is 0 Å². The zero-order valence-corrected chi connectivity index (χ0v) is 14.6. The van der Waals surface area contributed by atoms with E-state index in [4.69, 9.17) is 0 Å². The Hall–Kier alpha value is -2.87. The van der Waals surface area contributed by atoms with E-state index >= 15 is 0 Å². The third kappa shape index (κ3) is 4.46. The zero-order chi connectivity index (χ0) is 19.4. The Kier molecular flexibility index (Phi) is 5.46. The fourth-order valence-corrected chi connectivity index (χ4v) is 2.82. The molecular formula is C19H19F3N4O. The van der Waals surface area contributed by atoms with Crippen molar-refractivity contribution in [3.05, 3.63) is 65.5 Å². The largest absolute Gasteiger partial charge is 0.449 e. The first-order valence-corrected chi connectivity index (χ1v) is 8.44. The van der Waals surface area contributed by atoms with E-state index in [1.54, 1.807) is 19.2 Å². The average Bonchev–Trinajstić information content (AvgIpc) is 3.09. The lowest BCUT2D eigenvalue weighted by molar-refractivity contribution is -0.144. The first kappa shape index (κ1) is 18.9. The number of nitrogens with zero attached hydrogens (tertiary/aromatic N) is 1. The van der Waals surface area contributed by atoms with Crippen LogP contribution in [0.1, 0.15) is 29.4 Å². The van der Waals surface area contributed by atoms with E-state index in [9.17, 15) is 18.0 Å². The van der Waals surface area contributed by atoms with Crippen LogP contribution in [0.15, 0.2) is 48.5 Å². The minimum absolute atomic E-state index is 0.154. The van der Waals surface area contributed by atoms with E-state index in [0.29, 0.717) is 18.5 Å².